The molecule has 2 unspecified atom stereocenters. The molecule has 0 N–H and O–H groups in total. The lowest BCUT2D eigenvalue weighted by molar-refractivity contribution is 0.268. The number of hydrogen-bond acceptors (Lipinski definition) is 6. The number of rotatable bonds is 11. The van der Waals surface area contributed by atoms with Gasteiger partial charge in [-0.1, -0.05) is 35.0 Å². The molecule has 1 heterocycles. The predicted molar refractivity (Wildman–Crippen MR) is 162 cm³/mol. The van der Waals surface area contributed by atoms with E-state index in [-0.39, 0.29) is 18.3 Å². The fourth-order valence-corrected chi connectivity index (χ4v) is 6.44. The molecule has 0 fully saturated rings. The lowest BCUT2D eigenvalue weighted by Gasteiger charge is -2.25. The summed E-state index contributed by atoms with van der Waals surface area (Å²) in [6.07, 6.45) is 5.20. The van der Waals surface area contributed by atoms with Crippen LogP contribution in [0.3, 0.4) is 0 Å². The Morgan fingerprint density at radius 3 is 2.55 bits per heavy atom. The van der Waals surface area contributed by atoms with Crippen molar-refractivity contribution in [3.8, 4) is 17.2 Å². The molecule has 1 aromatic heterocycles. The number of allylic oxidation sites excluding steroid dienone is 1. The molecule has 0 aliphatic heterocycles. The molecule has 42 heavy (non-hydrogen) atoms. The maximum absolute atomic E-state index is 13.9. The van der Waals surface area contributed by atoms with Crippen LogP contribution >= 0.6 is 11.6 Å². The Hall–Kier alpha value is -3.82. The quantitative estimate of drug-likeness (QED) is 0.173. The van der Waals surface area contributed by atoms with Gasteiger partial charge in [-0.3, -0.25) is 4.31 Å². The second-order valence-corrected chi connectivity index (χ2v) is 11.8. The number of ether oxygens (including phenoxy) is 3. The fraction of sp³-hybridized carbons (Fsp3) is 0.281. The van der Waals surface area contributed by atoms with Gasteiger partial charge in [0, 0.05) is 23.6 Å². The molecule has 0 radical (unpaired) electrons. The Balaban J connectivity index is 1.34. The summed E-state index contributed by atoms with van der Waals surface area (Å²) in [4.78, 5) is 0.477. The molecule has 3 aromatic carbocycles. The summed E-state index contributed by atoms with van der Waals surface area (Å²) in [5.41, 5.74) is 2.94. The molecule has 7 nitrogen and oxygen atoms in total. The first-order valence-corrected chi connectivity index (χ1v) is 15.1. The lowest BCUT2D eigenvalue weighted by Crippen LogP contribution is -2.26. The number of aromatic nitrogens is 1. The van der Waals surface area contributed by atoms with Crippen molar-refractivity contribution in [2.24, 2.45) is 5.92 Å². The highest BCUT2D eigenvalue weighted by atomic mass is 35.5. The molecule has 4 aromatic rings. The smallest absolute Gasteiger partial charge is 0.184 e. The molecule has 2 atom stereocenters. The van der Waals surface area contributed by atoms with Crippen LogP contribution in [0.2, 0.25) is 5.02 Å². The van der Waals surface area contributed by atoms with Crippen molar-refractivity contribution in [2.75, 3.05) is 25.1 Å². The summed E-state index contributed by atoms with van der Waals surface area (Å²) in [6, 6.07) is 18.9. The molecule has 5 rings (SSSR count). The van der Waals surface area contributed by atoms with Crippen molar-refractivity contribution in [1.29, 1.82) is 0 Å². The SMILES string of the molecule is COc1ccc(CN(c2cc(C)on2)S(=O)c2ccc(OCC3CCCC=C3c3ccc(F)cc3)c(Cl)c2)c(OC)c1. The first-order chi connectivity index (χ1) is 20.4. The lowest BCUT2D eigenvalue weighted by atomic mass is 9.84. The first-order valence-electron chi connectivity index (χ1n) is 13.6. The summed E-state index contributed by atoms with van der Waals surface area (Å²) in [6.45, 7) is 2.42. The van der Waals surface area contributed by atoms with E-state index in [0.717, 1.165) is 36.0 Å². The highest BCUT2D eigenvalue weighted by Crippen LogP contribution is 2.36. The van der Waals surface area contributed by atoms with Gasteiger partial charge >= 0.3 is 0 Å². The monoisotopic (exact) mass is 610 g/mol. The molecule has 1 aliphatic carbocycles. The second-order valence-electron chi connectivity index (χ2n) is 9.96. The number of anilines is 1. The van der Waals surface area contributed by atoms with E-state index in [1.807, 2.05) is 12.1 Å². The van der Waals surface area contributed by atoms with Crippen LogP contribution in [0.1, 0.15) is 36.1 Å². The van der Waals surface area contributed by atoms with Crippen LogP contribution in [-0.4, -0.2) is 30.2 Å². The average molecular weight is 611 g/mol. The highest BCUT2D eigenvalue weighted by Gasteiger charge is 2.24. The van der Waals surface area contributed by atoms with Gasteiger partial charge in [-0.05, 0) is 79.8 Å². The van der Waals surface area contributed by atoms with Crippen LogP contribution in [-0.2, 0) is 17.5 Å². The van der Waals surface area contributed by atoms with Crippen molar-refractivity contribution in [3.05, 3.63) is 101 Å². The molecule has 220 valence electrons. The minimum absolute atomic E-state index is 0.152. The van der Waals surface area contributed by atoms with E-state index in [1.54, 1.807) is 67.9 Å². The second kappa shape index (κ2) is 13.4. The molecular weight excluding hydrogens is 579 g/mol. The van der Waals surface area contributed by atoms with Crippen LogP contribution < -0.4 is 18.5 Å². The fourth-order valence-electron chi connectivity index (χ4n) is 4.97. The Morgan fingerprint density at radius 2 is 1.86 bits per heavy atom. The van der Waals surface area contributed by atoms with E-state index in [2.05, 4.69) is 11.2 Å². The minimum atomic E-state index is -1.69. The van der Waals surface area contributed by atoms with E-state index < -0.39 is 11.0 Å². The molecule has 0 amide bonds. The van der Waals surface area contributed by atoms with Gasteiger partial charge < -0.3 is 18.7 Å². The van der Waals surface area contributed by atoms with E-state index >= 15 is 0 Å². The summed E-state index contributed by atoms with van der Waals surface area (Å²) < 4.78 is 51.4. The summed E-state index contributed by atoms with van der Waals surface area (Å²) in [5.74, 6) is 2.64. The van der Waals surface area contributed by atoms with Crippen molar-refractivity contribution in [3.63, 3.8) is 0 Å². The van der Waals surface area contributed by atoms with Gasteiger partial charge in [0.15, 0.2) is 16.8 Å². The molecular formula is C32H32ClFN2O5S. The van der Waals surface area contributed by atoms with Crippen LogP contribution in [0.15, 0.2) is 82.2 Å². The van der Waals surface area contributed by atoms with Crippen LogP contribution in [0.25, 0.3) is 5.57 Å². The third-order valence-electron chi connectivity index (χ3n) is 7.16. The van der Waals surface area contributed by atoms with Crippen LogP contribution in [0.4, 0.5) is 10.2 Å². The van der Waals surface area contributed by atoms with E-state index in [4.69, 9.17) is 30.3 Å². The molecule has 0 saturated carbocycles. The number of aryl methyl sites for hydroxylation is 1. The van der Waals surface area contributed by atoms with Gasteiger partial charge in [0.2, 0.25) is 0 Å². The van der Waals surface area contributed by atoms with E-state index in [9.17, 15) is 8.60 Å². The largest absolute Gasteiger partial charge is 0.497 e. The summed E-state index contributed by atoms with van der Waals surface area (Å²) in [5, 5.41) is 4.46. The minimum Gasteiger partial charge on any atom is -0.497 e. The Labute approximate surface area is 252 Å². The number of benzene rings is 3. The standard InChI is InChI=1S/C32H32ClFN2O5S/c1-21-16-32(35-41-21)36(19-23-10-13-26(38-2)17-31(23)39-3)42(37)27-14-15-30(29(33)18-27)40-20-24-6-4-5-7-28(24)22-8-11-25(34)12-9-22/h7-18,24H,4-6,19-20H2,1-3H3. The maximum Gasteiger partial charge on any atom is 0.184 e. The van der Waals surface area contributed by atoms with Crippen molar-refractivity contribution >= 4 is 34.0 Å². The molecule has 0 bridgehead atoms. The van der Waals surface area contributed by atoms with Gasteiger partial charge in [-0.15, -0.1) is 0 Å². The Morgan fingerprint density at radius 1 is 1.05 bits per heavy atom. The predicted octanol–water partition coefficient (Wildman–Crippen LogP) is 7.78. The van der Waals surface area contributed by atoms with Gasteiger partial charge in [0.1, 0.15) is 28.8 Å². The van der Waals surface area contributed by atoms with Gasteiger partial charge in [0.25, 0.3) is 0 Å². The normalized spacial score (nSPS) is 15.5. The summed E-state index contributed by atoms with van der Waals surface area (Å²) in [7, 11) is 1.47. The van der Waals surface area contributed by atoms with Crippen molar-refractivity contribution in [1.82, 2.24) is 5.16 Å². The van der Waals surface area contributed by atoms with Crippen LogP contribution in [0.5, 0.6) is 17.2 Å². The zero-order valence-electron chi connectivity index (χ0n) is 23.6. The number of nitrogens with zero attached hydrogens (tertiary/aromatic N) is 2. The first kappa shape index (κ1) is 29.7. The topological polar surface area (TPSA) is 74.0 Å². The van der Waals surface area contributed by atoms with Gasteiger partial charge in [0.05, 0.1) is 37.3 Å². The zero-order chi connectivity index (χ0) is 29.6. The maximum atomic E-state index is 13.9. The molecule has 10 heteroatoms. The van der Waals surface area contributed by atoms with E-state index in [1.165, 1.54) is 12.1 Å². The number of halogens is 2. The van der Waals surface area contributed by atoms with E-state index in [0.29, 0.717) is 45.4 Å². The molecule has 0 saturated heterocycles. The third kappa shape index (κ3) is 6.79. The van der Waals surface area contributed by atoms with Crippen molar-refractivity contribution in [2.45, 2.75) is 37.6 Å². The zero-order valence-corrected chi connectivity index (χ0v) is 25.2. The van der Waals surface area contributed by atoms with Crippen molar-refractivity contribution < 1.29 is 27.3 Å². The number of hydrogen-bond donors (Lipinski definition) is 0. The Bertz CT molecular complexity index is 1590. The summed E-state index contributed by atoms with van der Waals surface area (Å²) >= 11 is 6.66. The van der Waals surface area contributed by atoms with Gasteiger partial charge in [-0.25, -0.2) is 8.60 Å². The average Bonchev–Trinajstić information content (AvgIpc) is 3.45. The molecule has 0 spiro atoms. The van der Waals surface area contributed by atoms with Gasteiger partial charge in [-0.2, -0.15) is 0 Å². The highest BCUT2D eigenvalue weighted by molar-refractivity contribution is 7.86. The Kier molecular flexibility index (Phi) is 9.49. The third-order valence-corrected chi connectivity index (χ3v) is 8.83. The molecule has 1 aliphatic rings. The van der Waals surface area contributed by atoms with Crippen LogP contribution in [0, 0.1) is 18.7 Å². The number of methoxy groups -OCH3 is 2.